The van der Waals surface area contributed by atoms with Crippen LogP contribution in [0, 0.1) is 6.92 Å². The van der Waals surface area contributed by atoms with Gasteiger partial charge in [-0.3, -0.25) is 9.75 Å². The van der Waals surface area contributed by atoms with Crippen LogP contribution in [-0.4, -0.2) is 31.7 Å². The molecule has 5 aromatic rings. The van der Waals surface area contributed by atoms with E-state index in [1.165, 1.54) is 5.56 Å². The summed E-state index contributed by atoms with van der Waals surface area (Å²) in [7, 11) is 1.11. The normalized spacial score (nSPS) is 12.0. The molecule has 0 spiro atoms. The third-order valence-corrected chi connectivity index (χ3v) is 13.9. The van der Waals surface area contributed by atoms with Gasteiger partial charge in [0.15, 0.2) is 13.5 Å². The second-order valence-electron chi connectivity index (χ2n) is 10.5. The summed E-state index contributed by atoms with van der Waals surface area (Å²) < 4.78 is 23.3. The standard InChI is InChI=1S/C35H36N6O3P4/c1-28-13-17-30(18-14-28)42-26-38-48(33-9-5-3-6-10-33,34-11-7-4-8-12-34)35-23-21-31(22-24-35)43-27-41(2)37-25-29-15-19-32(20-16-29)44-46-47(45)40-39-36/h3-25,46H,26-27,45H2,1-2H3. The Bertz CT molecular complexity index is 1830. The first-order valence-corrected chi connectivity index (χ1v) is 21.4. The third kappa shape index (κ3) is 9.68. The summed E-state index contributed by atoms with van der Waals surface area (Å²) in [5.41, 5.74) is 10.6. The lowest BCUT2D eigenvalue weighted by Gasteiger charge is -2.27. The van der Waals surface area contributed by atoms with Crippen LogP contribution in [-0.2, 0) is 0 Å². The van der Waals surface area contributed by atoms with Gasteiger partial charge in [0.05, 0.1) is 20.7 Å². The number of aryl methyl sites for hydroxylation is 1. The number of hydrogen-bond donors (Lipinski definition) is 0. The van der Waals surface area contributed by atoms with Gasteiger partial charge >= 0.3 is 0 Å². The molecule has 0 aliphatic carbocycles. The minimum atomic E-state index is -2.44. The van der Waals surface area contributed by atoms with Crippen LogP contribution in [0.5, 0.6) is 17.2 Å². The Labute approximate surface area is 286 Å². The Balaban J connectivity index is 1.30. The fraction of sp³-hybridized carbons (Fsp3) is 0.114. The van der Waals surface area contributed by atoms with E-state index in [9.17, 15) is 0 Å². The second kappa shape index (κ2) is 17.8. The molecule has 0 bridgehead atoms. The Kier molecular flexibility index (Phi) is 13.0. The number of azide groups is 1. The zero-order valence-electron chi connectivity index (χ0n) is 26.6. The van der Waals surface area contributed by atoms with E-state index >= 15 is 0 Å². The summed E-state index contributed by atoms with van der Waals surface area (Å²) in [4.78, 5) is 6.47. The van der Waals surface area contributed by atoms with Gasteiger partial charge in [0.1, 0.15) is 25.7 Å². The van der Waals surface area contributed by atoms with Crippen molar-refractivity contribution in [1.29, 1.82) is 0 Å². The number of rotatable bonds is 15. The van der Waals surface area contributed by atoms with Crippen molar-refractivity contribution in [2.75, 3.05) is 20.5 Å². The SMILES string of the molecule is Cc1ccc(OCN=P(c2ccccc2)(c2ccccc2)c2ccc(OCN(C)N=Cc3ccc(OPP(P)N=[N+]=[N-])cc3)cc2)cc1. The monoisotopic (exact) mass is 712 g/mol. The quantitative estimate of drug-likeness (QED) is 0.0205. The van der Waals surface area contributed by atoms with Gasteiger partial charge in [-0.1, -0.05) is 92.2 Å². The Morgan fingerprint density at radius 1 is 0.771 bits per heavy atom. The highest BCUT2D eigenvalue weighted by atomic mass is 32.4. The summed E-state index contributed by atoms with van der Waals surface area (Å²) in [5, 5.41) is 9.63. The molecule has 5 rings (SSSR count). The lowest BCUT2D eigenvalue weighted by molar-refractivity contribution is 0.158. The molecule has 0 aliphatic rings. The third-order valence-electron chi connectivity index (χ3n) is 7.09. The Morgan fingerprint density at radius 3 is 1.92 bits per heavy atom. The van der Waals surface area contributed by atoms with E-state index in [1.807, 2.05) is 79.8 Å². The number of benzene rings is 5. The van der Waals surface area contributed by atoms with Gasteiger partial charge in [-0.05, 0) is 78.7 Å². The van der Waals surface area contributed by atoms with Crippen molar-refractivity contribution in [3.63, 3.8) is 0 Å². The molecule has 3 atom stereocenters. The Morgan fingerprint density at radius 2 is 1.31 bits per heavy atom. The summed E-state index contributed by atoms with van der Waals surface area (Å²) in [6.07, 6.45) is 1.76. The molecule has 0 heterocycles. The number of hydrazone groups is 1. The van der Waals surface area contributed by atoms with Crippen LogP contribution < -0.4 is 29.9 Å². The average Bonchev–Trinajstić information content (AvgIpc) is 3.13. The molecule has 0 aromatic heterocycles. The van der Waals surface area contributed by atoms with E-state index in [0.29, 0.717) is 5.75 Å². The van der Waals surface area contributed by atoms with Crippen molar-refractivity contribution in [3.8, 4) is 17.2 Å². The largest absolute Gasteiger partial charge is 0.472 e. The summed E-state index contributed by atoms with van der Waals surface area (Å²) in [6, 6.07) is 44.7. The lowest BCUT2D eigenvalue weighted by Crippen LogP contribution is -2.26. The predicted octanol–water partition coefficient (Wildman–Crippen LogP) is 9.20. The van der Waals surface area contributed by atoms with Crippen molar-refractivity contribution in [1.82, 2.24) is 5.01 Å². The van der Waals surface area contributed by atoms with Crippen molar-refractivity contribution in [2.24, 2.45) is 14.7 Å². The van der Waals surface area contributed by atoms with Gasteiger partial charge in [0.25, 0.3) is 0 Å². The average molecular weight is 713 g/mol. The summed E-state index contributed by atoms with van der Waals surface area (Å²) in [5.74, 6) is 2.23. The molecule has 5 aromatic carbocycles. The van der Waals surface area contributed by atoms with Gasteiger partial charge in [0, 0.05) is 27.9 Å². The summed E-state index contributed by atoms with van der Waals surface area (Å²) in [6.45, 7) is 2.54. The minimum Gasteiger partial charge on any atom is -0.472 e. The van der Waals surface area contributed by atoms with Crippen molar-refractivity contribution >= 4 is 54.1 Å². The van der Waals surface area contributed by atoms with Crippen LogP contribution in [0.15, 0.2) is 148 Å². The van der Waals surface area contributed by atoms with E-state index in [4.69, 9.17) is 24.3 Å². The van der Waals surface area contributed by atoms with Crippen molar-refractivity contribution < 1.29 is 14.0 Å². The Hall–Kier alpha value is -4.20. The van der Waals surface area contributed by atoms with E-state index in [0.717, 1.165) is 33.0 Å². The first-order chi connectivity index (χ1) is 23.5. The van der Waals surface area contributed by atoms with Crippen LogP contribution in [0.4, 0.5) is 0 Å². The molecule has 0 fully saturated rings. The van der Waals surface area contributed by atoms with Crippen LogP contribution in [0.3, 0.4) is 0 Å². The molecular formula is C35H36N6O3P4. The van der Waals surface area contributed by atoms with Crippen LogP contribution in [0.1, 0.15) is 11.1 Å². The number of hydrogen-bond acceptors (Lipinski definition) is 7. The molecule has 0 amide bonds. The molecule has 0 saturated heterocycles. The first-order valence-electron chi connectivity index (χ1n) is 15.0. The van der Waals surface area contributed by atoms with Crippen LogP contribution >= 0.6 is 31.9 Å². The van der Waals surface area contributed by atoms with Gasteiger partial charge in [-0.2, -0.15) is 5.10 Å². The van der Waals surface area contributed by atoms with Crippen LogP contribution in [0.25, 0.3) is 10.4 Å². The predicted molar refractivity (Wildman–Crippen MR) is 206 cm³/mol. The molecule has 13 heteroatoms. The highest BCUT2D eigenvalue weighted by molar-refractivity contribution is 8.46. The fourth-order valence-electron chi connectivity index (χ4n) is 4.71. The second-order valence-corrected chi connectivity index (χ2v) is 19.8. The maximum atomic E-state index is 8.53. The highest BCUT2D eigenvalue weighted by Gasteiger charge is 2.27. The van der Waals surface area contributed by atoms with Crippen molar-refractivity contribution in [2.45, 2.75) is 6.92 Å². The van der Waals surface area contributed by atoms with Crippen molar-refractivity contribution in [3.05, 3.63) is 155 Å². The molecule has 0 aliphatic heterocycles. The van der Waals surface area contributed by atoms with E-state index < -0.39 is 14.5 Å². The first kappa shape index (κ1) is 35.1. The highest BCUT2D eigenvalue weighted by Crippen LogP contribution is 2.63. The topological polar surface area (TPSA) is 104 Å². The molecular weight excluding hydrogens is 676 g/mol. The molecule has 0 N–H and O–H groups in total. The van der Waals surface area contributed by atoms with Gasteiger partial charge in [0.2, 0.25) is 0 Å². The molecule has 48 heavy (non-hydrogen) atoms. The van der Waals surface area contributed by atoms with Gasteiger partial charge in [-0.15, -0.1) is 0 Å². The summed E-state index contributed by atoms with van der Waals surface area (Å²) >= 11 is 0. The smallest absolute Gasteiger partial charge is 0.178 e. The van der Waals surface area contributed by atoms with E-state index in [-0.39, 0.29) is 22.0 Å². The maximum Gasteiger partial charge on any atom is 0.178 e. The van der Waals surface area contributed by atoms with E-state index in [2.05, 4.69) is 91.4 Å². The molecule has 0 saturated carbocycles. The van der Waals surface area contributed by atoms with Gasteiger partial charge < -0.3 is 14.0 Å². The lowest BCUT2D eigenvalue weighted by atomic mass is 10.2. The molecule has 0 radical (unpaired) electrons. The molecule has 9 nitrogen and oxygen atoms in total. The minimum absolute atomic E-state index is 0.0840. The van der Waals surface area contributed by atoms with Gasteiger partial charge in [-0.25, -0.2) is 0 Å². The zero-order valence-corrected chi connectivity index (χ0v) is 30.5. The fourth-order valence-corrected chi connectivity index (χ4v) is 10.0. The number of ether oxygens (including phenoxy) is 2. The molecule has 3 unspecified atom stereocenters. The van der Waals surface area contributed by atoms with Crippen LogP contribution in [0.2, 0.25) is 0 Å². The maximum absolute atomic E-state index is 8.53. The zero-order chi connectivity index (χ0) is 33.6. The van der Waals surface area contributed by atoms with E-state index in [1.54, 1.807) is 11.2 Å². The molecule has 244 valence electrons. The number of nitrogens with zero attached hydrogens (tertiary/aromatic N) is 6.